The summed E-state index contributed by atoms with van der Waals surface area (Å²) in [5, 5.41) is 0. The van der Waals surface area contributed by atoms with Gasteiger partial charge in [0.15, 0.2) is 0 Å². The Morgan fingerprint density at radius 2 is 1.89 bits per heavy atom. The van der Waals surface area contributed by atoms with Gasteiger partial charge in [0.05, 0.1) is 18.6 Å². The quantitative estimate of drug-likeness (QED) is 0.818. The van der Waals surface area contributed by atoms with E-state index in [0.29, 0.717) is 13.0 Å². The van der Waals surface area contributed by atoms with Crippen LogP contribution in [0.15, 0.2) is 24.3 Å². The van der Waals surface area contributed by atoms with E-state index in [4.69, 9.17) is 0 Å². The van der Waals surface area contributed by atoms with Crippen molar-refractivity contribution in [3.8, 4) is 0 Å². The normalized spacial score (nSPS) is 27.2. The number of likely N-dealkylation sites (tertiary alicyclic amines) is 2. The fourth-order valence-corrected chi connectivity index (χ4v) is 5.22. The SMILES string of the molecule is CC1(C)C[C@H]2[C@H](CCCN2C(=O)CN2CCCC2=O)N1c1ccc(F)cc1. The zero-order valence-corrected chi connectivity index (χ0v) is 16.2. The van der Waals surface area contributed by atoms with Crippen LogP contribution in [-0.2, 0) is 9.59 Å². The number of fused-ring (bicyclic) bond motifs is 1. The highest BCUT2D eigenvalue weighted by Gasteiger charge is 2.50. The molecular weight excluding hydrogens is 345 g/mol. The molecule has 3 heterocycles. The summed E-state index contributed by atoms with van der Waals surface area (Å²) in [5.74, 6) is -0.0728. The zero-order valence-electron chi connectivity index (χ0n) is 16.2. The summed E-state index contributed by atoms with van der Waals surface area (Å²) < 4.78 is 13.4. The smallest absolute Gasteiger partial charge is 0.242 e. The van der Waals surface area contributed by atoms with E-state index in [1.54, 1.807) is 4.90 Å². The molecule has 4 rings (SSSR count). The second-order valence-electron chi connectivity index (χ2n) is 8.65. The van der Waals surface area contributed by atoms with Crippen LogP contribution in [0.1, 0.15) is 46.0 Å². The van der Waals surface area contributed by atoms with Crippen molar-refractivity contribution in [3.05, 3.63) is 30.1 Å². The Labute approximate surface area is 160 Å². The van der Waals surface area contributed by atoms with Crippen molar-refractivity contribution in [2.24, 2.45) is 0 Å². The second kappa shape index (κ2) is 6.80. The molecule has 27 heavy (non-hydrogen) atoms. The van der Waals surface area contributed by atoms with E-state index in [1.165, 1.54) is 12.1 Å². The Hall–Kier alpha value is -2.11. The van der Waals surface area contributed by atoms with Crippen molar-refractivity contribution in [3.63, 3.8) is 0 Å². The molecule has 3 saturated heterocycles. The molecule has 0 spiro atoms. The van der Waals surface area contributed by atoms with Crippen LogP contribution in [-0.4, -0.2) is 58.9 Å². The molecule has 3 aliphatic heterocycles. The summed E-state index contributed by atoms with van der Waals surface area (Å²) in [7, 11) is 0. The van der Waals surface area contributed by atoms with Crippen LogP contribution in [0.3, 0.4) is 0 Å². The summed E-state index contributed by atoms with van der Waals surface area (Å²) in [6, 6.07) is 7.06. The topological polar surface area (TPSA) is 43.9 Å². The number of rotatable bonds is 3. The Morgan fingerprint density at radius 3 is 2.56 bits per heavy atom. The first-order valence-electron chi connectivity index (χ1n) is 9.99. The average Bonchev–Trinajstić information content (AvgIpc) is 3.14. The van der Waals surface area contributed by atoms with E-state index < -0.39 is 0 Å². The number of carbonyl (C=O) groups excluding carboxylic acids is 2. The summed E-state index contributed by atoms with van der Waals surface area (Å²) >= 11 is 0. The molecular formula is C21H28FN3O2. The molecule has 0 saturated carbocycles. The van der Waals surface area contributed by atoms with Gasteiger partial charge in [-0.3, -0.25) is 9.59 Å². The fourth-order valence-electron chi connectivity index (χ4n) is 5.22. The van der Waals surface area contributed by atoms with Gasteiger partial charge in [-0.15, -0.1) is 0 Å². The minimum Gasteiger partial charge on any atom is -0.361 e. The van der Waals surface area contributed by atoms with Crippen molar-refractivity contribution in [1.82, 2.24) is 9.80 Å². The molecule has 146 valence electrons. The molecule has 1 aromatic carbocycles. The molecule has 0 aromatic heterocycles. The van der Waals surface area contributed by atoms with E-state index in [2.05, 4.69) is 18.7 Å². The maximum absolute atomic E-state index is 13.4. The van der Waals surface area contributed by atoms with Gasteiger partial charge in [-0.2, -0.15) is 0 Å². The van der Waals surface area contributed by atoms with Crippen LogP contribution < -0.4 is 4.90 Å². The lowest BCUT2D eigenvalue weighted by Crippen LogP contribution is -2.54. The largest absolute Gasteiger partial charge is 0.361 e. The van der Waals surface area contributed by atoms with Gasteiger partial charge < -0.3 is 14.7 Å². The predicted molar refractivity (Wildman–Crippen MR) is 102 cm³/mol. The summed E-state index contributed by atoms with van der Waals surface area (Å²) in [4.78, 5) is 31.0. The van der Waals surface area contributed by atoms with Gasteiger partial charge in [-0.25, -0.2) is 4.39 Å². The van der Waals surface area contributed by atoms with E-state index in [0.717, 1.165) is 37.9 Å². The Bertz CT molecular complexity index is 733. The molecule has 3 aliphatic rings. The van der Waals surface area contributed by atoms with Gasteiger partial charge in [-0.05, 0) is 63.8 Å². The Morgan fingerprint density at radius 1 is 1.15 bits per heavy atom. The zero-order chi connectivity index (χ0) is 19.2. The highest BCUT2D eigenvalue weighted by Crippen LogP contribution is 2.43. The minimum atomic E-state index is -0.233. The first-order valence-corrected chi connectivity index (χ1v) is 9.99. The maximum Gasteiger partial charge on any atom is 0.242 e. The van der Waals surface area contributed by atoms with Gasteiger partial charge in [0.1, 0.15) is 5.82 Å². The number of nitrogens with zero attached hydrogens (tertiary/aromatic N) is 3. The molecule has 5 nitrogen and oxygen atoms in total. The van der Waals surface area contributed by atoms with Gasteiger partial charge >= 0.3 is 0 Å². The van der Waals surface area contributed by atoms with Crippen molar-refractivity contribution in [2.45, 2.75) is 63.6 Å². The lowest BCUT2D eigenvalue weighted by Gasteiger charge is -2.42. The summed E-state index contributed by atoms with van der Waals surface area (Å²) in [6.07, 6.45) is 4.27. The van der Waals surface area contributed by atoms with E-state index >= 15 is 0 Å². The first kappa shape index (κ1) is 18.3. The van der Waals surface area contributed by atoms with Crippen molar-refractivity contribution in [1.29, 1.82) is 0 Å². The van der Waals surface area contributed by atoms with E-state index in [1.807, 2.05) is 17.0 Å². The fraction of sp³-hybridized carbons (Fsp3) is 0.619. The van der Waals surface area contributed by atoms with Crippen molar-refractivity contribution in [2.75, 3.05) is 24.5 Å². The molecule has 0 radical (unpaired) electrons. The number of piperidine rings is 1. The molecule has 1 aromatic rings. The first-order chi connectivity index (χ1) is 12.9. The number of hydrogen-bond acceptors (Lipinski definition) is 3. The van der Waals surface area contributed by atoms with Crippen LogP contribution >= 0.6 is 0 Å². The monoisotopic (exact) mass is 373 g/mol. The summed E-state index contributed by atoms with van der Waals surface area (Å²) in [5.41, 5.74) is 0.900. The maximum atomic E-state index is 13.4. The Balaban J connectivity index is 1.55. The molecule has 0 bridgehead atoms. The molecule has 2 atom stereocenters. The standard InChI is InChI=1S/C21H28FN3O2/c1-21(2)13-18-17(25(21)16-9-7-15(22)8-10-16)5-3-12-24(18)20(27)14-23-11-4-6-19(23)26/h7-10,17-18H,3-6,11-14H2,1-2H3/t17-,18-/m0/s1. The van der Waals surface area contributed by atoms with Crippen LogP contribution in [0.25, 0.3) is 0 Å². The third-order valence-corrected chi connectivity index (χ3v) is 6.36. The lowest BCUT2D eigenvalue weighted by molar-refractivity contribution is -0.140. The third kappa shape index (κ3) is 3.30. The van der Waals surface area contributed by atoms with Crippen molar-refractivity contribution < 1.29 is 14.0 Å². The van der Waals surface area contributed by atoms with Gasteiger partial charge in [0.25, 0.3) is 0 Å². The highest BCUT2D eigenvalue weighted by molar-refractivity contribution is 5.86. The average molecular weight is 373 g/mol. The number of carbonyl (C=O) groups is 2. The molecule has 0 aliphatic carbocycles. The van der Waals surface area contributed by atoms with Crippen LogP contribution in [0.2, 0.25) is 0 Å². The third-order valence-electron chi connectivity index (χ3n) is 6.36. The molecule has 0 unspecified atom stereocenters. The van der Waals surface area contributed by atoms with E-state index in [-0.39, 0.29) is 41.8 Å². The van der Waals surface area contributed by atoms with E-state index in [9.17, 15) is 14.0 Å². The lowest BCUT2D eigenvalue weighted by atomic mass is 9.94. The van der Waals surface area contributed by atoms with Crippen LogP contribution in [0.5, 0.6) is 0 Å². The van der Waals surface area contributed by atoms with Crippen LogP contribution in [0.4, 0.5) is 10.1 Å². The van der Waals surface area contributed by atoms with Crippen molar-refractivity contribution >= 4 is 17.5 Å². The molecule has 3 fully saturated rings. The Kier molecular flexibility index (Phi) is 4.60. The molecule has 6 heteroatoms. The molecule has 2 amide bonds. The number of hydrogen-bond donors (Lipinski definition) is 0. The van der Waals surface area contributed by atoms with Gasteiger partial charge in [-0.1, -0.05) is 0 Å². The number of benzene rings is 1. The van der Waals surface area contributed by atoms with Crippen LogP contribution in [0, 0.1) is 5.82 Å². The summed E-state index contributed by atoms with van der Waals surface area (Å²) in [6.45, 7) is 6.05. The highest BCUT2D eigenvalue weighted by atomic mass is 19.1. The molecule has 0 N–H and O–H groups in total. The minimum absolute atomic E-state index is 0.0664. The second-order valence-corrected chi connectivity index (χ2v) is 8.65. The number of anilines is 1. The number of halogens is 1. The predicted octanol–water partition coefficient (Wildman–Crippen LogP) is 2.80. The van der Waals surface area contributed by atoms with Gasteiger partial charge in [0, 0.05) is 30.7 Å². The number of amides is 2. The van der Waals surface area contributed by atoms with Gasteiger partial charge in [0.2, 0.25) is 11.8 Å².